The van der Waals surface area contributed by atoms with E-state index in [-0.39, 0.29) is 17.7 Å². The second kappa shape index (κ2) is 5.52. The average molecular weight is 276 g/mol. The molecule has 0 aromatic heterocycles. The second-order valence-electron chi connectivity index (χ2n) is 4.09. The van der Waals surface area contributed by atoms with Gasteiger partial charge in [0.15, 0.2) is 0 Å². The number of halogens is 3. The van der Waals surface area contributed by atoms with Crippen LogP contribution in [0.3, 0.4) is 0 Å². The summed E-state index contributed by atoms with van der Waals surface area (Å²) >= 11 is 5.99. The van der Waals surface area contributed by atoms with Gasteiger partial charge in [-0.05, 0) is 30.5 Å². The molecular weight excluding hydrogens is 264 g/mol. The zero-order valence-corrected chi connectivity index (χ0v) is 10.2. The summed E-state index contributed by atoms with van der Waals surface area (Å²) in [6.07, 6.45) is 1.97. The van der Waals surface area contributed by atoms with Crippen molar-refractivity contribution in [1.29, 1.82) is 0 Å². The maximum absolute atomic E-state index is 11.9. The first-order valence-electron chi connectivity index (χ1n) is 5.55. The highest BCUT2D eigenvalue weighted by atomic mass is 35.5. The molecular formula is C12H12ClF2NO2. The first kappa shape index (κ1) is 13.1. The first-order chi connectivity index (χ1) is 8.56. The molecule has 18 heavy (non-hydrogen) atoms. The molecule has 0 bridgehead atoms. The van der Waals surface area contributed by atoms with Crippen molar-refractivity contribution in [2.24, 2.45) is 0 Å². The van der Waals surface area contributed by atoms with Crippen LogP contribution < -0.4 is 10.1 Å². The highest BCUT2D eigenvalue weighted by molar-refractivity contribution is 6.30. The van der Waals surface area contributed by atoms with E-state index >= 15 is 0 Å². The summed E-state index contributed by atoms with van der Waals surface area (Å²) in [5.74, 6) is -0.220. The molecule has 0 saturated heterocycles. The van der Waals surface area contributed by atoms with E-state index in [0.717, 1.165) is 12.8 Å². The maximum Gasteiger partial charge on any atom is 0.387 e. The van der Waals surface area contributed by atoms with Crippen LogP contribution in [-0.2, 0) is 4.79 Å². The van der Waals surface area contributed by atoms with E-state index < -0.39 is 12.0 Å². The van der Waals surface area contributed by atoms with Crippen molar-refractivity contribution in [3.05, 3.63) is 29.8 Å². The molecule has 3 nitrogen and oxygen atoms in total. The minimum absolute atomic E-state index is 0.0419. The summed E-state index contributed by atoms with van der Waals surface area (Å²) in [5, 5.41) is 1.96. The lowest BCUT2D eigenvalue weighted by Crippen LogP contribution is -2.28. The van der Waals surface area contributed by atoms with Gasteiger partial charge in [0, 0.05) is 6.04 Å². The van der Waals surface area contributed by atoms with Gasteiger partial charge in [0.2, 0.25) is 5.91 Å². The second-order valence-corrected chi connectivity index (χ2v) is 4.53. The molecule has 98 valence electrons. The van der Waals surface area contributed by atoms with Crippen molar-refractivity contribution in [3.8, 4) is 5.75 Å². The summed E-state index contributed by atoms with van der Waals surface area (Å²) in [6.45, 7) is -2.86. The molecule has 1 fully saturated rings. The quantitative estimate of drug-likeness (QED) is 0.839. The Kier molecular flexibility index (Phi) is 4.01. The minimum Gasteiger partial charge on any atom is -0.435 e. The Morgan fingerprint density at radius 2 is 1.94 bits per heavy atom. The summed E-state index contributed by atoms with van der Waals surface area (Å²) in [4.78, 5) is 11.7. The lowest BCUT2D eigenvalue weighted by molar-refractivity contribution is -0.121. The van der Waals surface area contributed by atoms with Gasteiger partial charge in [0.05, 0.1) is 0 Å². The van der Waals surface area contributed by atoms with E-state index in [2.05, 4.69) is 10.1 Å². The van der Waals surface area contributed by atoms with Crippen LogP contribution >= 0.6 is 11.6 Å². The molecule has 1 amide bonds. The standard InChI is InChI=1S/C12H12ClF2NO2/c13-10(11(17)16-8-3-4-8)7-1-5-9(6-2-7)18-12(14)15/h1-2,5-6,8,10,12H,3-4H2,(H,16,17). The monoisotopic (exact) mass is 275 g/mol. The Labute approximate surface area is 108 Å². The smallest absolute Gasteiger partial charge is 0.387 e. The number of hydrogen-bond acceptors (Lipinski definition) is 2. The van der Waals surface area contributed by atoms with E-state index in [1.54, 1.807) is 0 Å². The van der Waals surface area contributed by atoms with E-state index in [4.69, 9.17) is 11.6 Å². The number of rotatable bonds is 5. The Morgan fingerprint density at radius 3 is 2.44 bits per heavy atom. The van der Waals surface area contributed by atoms with Gasteiger partial charge < -0.3 is 10.1 Å². The molecule has 0 heterocycles. The third-order valence-electron chi connectivity index (χ3n) is 2.55. The van der Waals surface area contributed by atoms with Gasteiger partial charge in [-0.3, -0.25) is 4.79 Å². The molecule has 1 aliphatic carbocycles. The summed E-state index contributed by atoms with van der Waals surface area (Å²) < 4.78 is 28.1. The minimum atomic E-state index is -2.86. The molecule has 0 spiro atoms. The number of ether oxygens (including phenoxy) is 1. The summed E-state index contributed by atoms with van der Waals surface area (Å²) in [6, 6.07) is 5.96. The van der Waals surface area contributed by atoms with E-state index in [1.165, 1.54) is 24.3 Å². The molecule has 1 unspecified atom stereocenters. The van der Waals surface area contributed by atoms with Crippen molar-refractivity contribution in [2.45, 2.75) is 30.9 Å². The number of alkyl halides is 3. The fourth-order valence-electron chi connectivity index (χ4n) is 1.47. The summed E-state index contributed by atoms with van der Waals surface area (Å²) in [7, 11) is 0. The van der Waals surface area contributed by atoms with Gasteiger partial charge in [0.25, 0.3) is 0 Å². The van der Waals surface area contributed by atoms with E-state index in [9.17, 15) is 13.6 Å². The molecule has 2 rings (SSSR count). The molecule has 1 atom stereocenters. The van der Waals surface area contributed by atoms with Gasteiger partial charge in [-0.2, -0.15) is 8.78 Å². The highest BCUT2D eigenvalue weighted by Crippen LogP contribution is 2.26. The fraction of sp³-hybridized carbons (Fsp3) is 0.417. The van der Waals surface area contributed by atoms with Crippen LogP contribution in [0.2, 0.25) is 0 Å². The lowest BCUT2D eigenvalue weighted by Gasteiger charge is -2.11. The summed E-state index contributed by atoms with van der Waals surface area (Å²) in [5.41, 5.74) is 0.552. The van der Waals surface area contributed by atoms with Gasteiger partial charge in [-0.15, -0.1) is 11.6 Å². The van der Waals surface area contributed by atoms with Crippen LogP contribution in [0.1, 0.15) is 23.8 Å². The predicted octanol–water partition coefficient (Wildman–Crippen LogP) is 2.85. The lowest BCUT2D eigenvalue weighted by atomic mass is 10.1. The Morgan fingerprint density at radius 1 is 1.33 bits per heavy atom. The third kappa shape index (κ3) is 3.57. The van der Waals surface area contributed by atoms with Gasteiger partial charge in [0.1, 0.15) is 11.1 Å². The van der Waals surface area contributed by atoms with Crippen LogP contribution in [-0.4, -0.2) is 18.6 Å². The average Bonchev–Trinajstić information content (AvgIpc) is 3.12. The van der Waals surface area contributed by atoms with Crippen molar-refractivity contribution in [3.63, 3.8) is 0 Å². The third-order valence-corrected chi connectivity index (χ3v) is 3.00. The SMILES string of the molecule is O=C(NC1CC1)C(Cl)c1ccc(OC(F)F)cc1. The van der Waals surface area contributed by atoms with Gasteiger partial charge in [-0.1, -0.05) is 12.1 Å². The first-order valence-corrected chi connectivity index (χ1v) is 5.99. The van der Waals surface area contributed by atoms with Crippen LogP contribution in [0.5, 0.6) is 5.75 Å². The number of carbonyl (C=O) groups is 1. The predicted molar refractivity (Wildman–Crippen MR) is 62.8 cm³/mol. The molecule has 6 heteroatoms. The van der Waals surface area contributed by atoms with Crippen LogP contribution in [0.4, 0.5) is 8.78 Å². The molecule has 1 N–H and O–H groups in total. The number of carbonyl (C=O) groups excluding carboxylic acids is 1. The van der Waals surface area contributed by atoms with E-state index in [1.807, 2.05) is 0 Å². The zero-order valence-electron chi connectivity index (χ0n) is 9.41. The fourth-order valence-corrected chi connectivity index (χ4v) is 1.68. The molecule has 1 saturated carbocycles. The number of hydrogen-bond donors (Lipinski definition) is 1. The largest absolute Gasteiger partial charge is 0.435 e. The maximum atomic E-state index is 11.9. The molecule has 0 radical (unpaired) electrons. The van der Waals surface area contributed by atoms with Crippen LogP contribution in [0.15, 0.2) is 24.3 Å². The molecule has 1 aromatic rings. The molecule has 0 aliphatic heterocycles. The Hall–Kier alpha value is -1.36. The number of amides is 1. The highest BCUT2D eigenvalue weighted by Gasteiger charge is 2.27. The normalized spacial score (nSPS) is 16.4. The van der Waals surface area contributed by atoms with Crippen molar-refractivity contribution in [2.75, 3.05) is 0 Å². The van der Waals surface area contributed by atoms with E-state index in [0.29, 0.717) is 5.56 Å². The van der Waals surface area contributed by atoms with Crippen LogP contribution in [0, 0.1) is 0 Å². The number of nitrogens with one attached hydrogen (secondary N) is 1. The van der Waals surface area contributed by atoms with Gasteiger partial charge in [-0.25, -0.2) is 0 Å². The van der Waals surface area contributed by atoms with Crippen molar-refractivity contribution in [1.82, 2.24) is 5.32 Å². The molecule has 1 aliphatic rings. The Bertz CT molecular complexity index is 421. The molecule has 1 aromatic carbocycles. The van der Waals surface area contributed by atoms with Crippen molar-refractivity contribution >= 4 is 17.5 Å². The number of benzene rings is 1. The van der Waals surface area contributed by atoms with Gasteiger partial charge >= 0.3 is 6.61 Å². The topological polar surface area (TPSA) is 38.3 Å². The van der Waals surface area contributed by atoms with Crippen molar-refractivity contribution < 1.29 is 18.3 Å². The Balaban J connectivity index is 1.96. The zero-order chi connectivity index (χ0) is 13.1. The van der Waals surface area contributed by atoms with Crippen LogP contribution in [0.25, 0.3) is 0 Å².